The lowest BCUT2D eigenvalue weighted by Gasteiger charge is -2.23. The monoisotopic (exact) mass is 307 g/mol. The van der Waals surface area contributed by atoms with Gasteiger partial charge in [0, 0.05) is 28.3 Å². The molecule has 2 unspecified atom stereocenters. The van der Waals surface area contributed by atoms with E-state index in [1.165, 1.54) is 17.3 Å². The Bertz CT molecular complexity index is 569. The zero-order chi connectivity index (χ0) is 14.1. The number of piperidine rings is 1. The molecule has 1 aromatic carbocycles. The van der Waals surface area contributed by atoms with Gasteiger partial charge in [0.15, 0.2) is 0 Å². The summed E-state index contributed by atoms with van der Waals surface area (Å²) in [5.41, 5.74) is 3.39. The first-order valence-corrected chi connectivity index (χ1v) is 8.37. The number of thioether (sulfide) groups is 1. The third-order valence-electron chi connectivity index (χ3n) is 4.14. The van der Waals surface area contributed by atoms with E-state index in [-0.39, 0.29) is 11.0 Å². The molecule has 1 N–H and O–H groups in total. The summed E-state index contributed by atoms with van der Waals surface area (Å²) in [5, 5.41) is 4.79. The zero-order valence-electron chi connectivity index (χ0n) is 11.5. The normalized spacial score (nSPS) is 23.9. The number of rotatable bonds is 3. The highest BCUT2D eigenvalue weighted by Gasteiger charge is 2.38. The SMILES string of the molecule is CCC(C1=C2CNCCC2SC1=O)c1ccccc1Cl. The Kier molecular flexibility index (Phi) is 4.20. The molecule has 1 aromatic rings. The van der Waals surface area contributed by atoms with E-state index in [9.17, 15) is 4.79 Å². The molecule has 20 heavy (non-hydrogen) atoms. The summed E-state index contributed by atoms with van der Waals surface area (Å²) >= 11 is 7.85. The average Bonchev–Trinajstić information content (AvgIpc) is 2.78. The number of carbonyl (C=O) groups is 1. The molecule has 1 saturated heterocycles. The van der Waals surface area contributed by atoms with Gasteiger partial charge in [-0.3, -0.25) is 4.79 Å². The van der Waals surface area contributed by atoms with Crippen LogP contribution in [0.25, 0.3) is 0 Å². The first-order valence-electron chi connectivity index (χ1n) is 7.11. The summed E-state index contributed by atoms with van der Waals surface area (Å²) in [7, 11) is 0. The van der Waals surface area contributed by atoms with Crippen molar-refractivity contribution in [1.29, 1.82) is 0 Å². The molecule has 2 aliphatic heterocycles. The summed E-state index contributed by atoms with van der Waals surface area (Å²) in [6, 6.07) is 7.89. The highest BCUT2D eigenvalue weighted by molar-refractivity contribution is 8.15. The molecule has 2 nitrogen and oxygen atoms in total. The molecule has 0 spiro atoms. The van der Waals surface area contributed by atoms with Crippen LogP contribution in [0.3, 0.4) is 0 Å². The van der Waals surface area contributed by atoms with Gasteiger partial charge in [-0.05, 0) is 36.6 Å². The van der Waals surface area contributed by atoms with Crippen LogP contribution in [0.1, 0.15) is 31.2 Å². The van der Waals surface area contributed by atoms with Crippen molar-refractivity contribution in [3.63, 3.8) is 0 Å². The fourth-order valence-corrected chi connectivity index (χ4v) is 4.68. The lowest BCUT2D eigenvalue weighted by atomic mass is 9.84. The van der Waals surface area contributed by atoms with Crippen molar-refractivity contribution in [2.24, 2.45) is 0 Å². The summed E-state index contributed by atoms with van der Waals surface area (Å²) < 4.78 is 0. The standard InChI is InChI=1S/C16H18ClNOS/c1-2-10(11-5-3-4-6-13(11)17)15-12-9-18-8-7-14(12)20-16(15)19/h3-6,10,14,18H,2,7-9H2,1H3. The third-order valence-corrected chi connectivity index (χ3v) is 5.72. The molecule has 0 bridgehead atoms. The molecule has 3 rings (SSSR count). The van der Waals surface area contributed by atoms with Crippen LogP contribution in [0.2, 0.25) is 5.02 Å². The number of fused-ring (bicyclic) bond motifs is 1. The van der Waals surface area contributed by atoms with Crippen molar-refractivity contribution in [2.45, 2.75) is 30.9 Å². The molecule has 106 valence electrons. The van der Waals surface area contributed by atoms with E-state index < -0.39 is 0 Å². The van der Waals surface area contributed by atoms with Crippen LogP contribution in [0.5, 0.6) is 0 Å². The van der Waals surface area contributed by atoms with Crippen LogP contribution in [-0.4, -0.2) is 23.5 Å². The molecule has 0 aromatic heterocycles. The number of carbonyl (C=O) groups excluding carboxylic acids is 1. The molecule has 2 atom stereocenters. The Morgan fingerprint density at radius 2 is 2.25 bits per heavy atom. The number of hydrogen-bond acceptors (Lipinski definition) is 3. The Labute approximate surface area is 129 Å². The average molecular weight is 308 g/mol. The van der Waals surface area contributed by atoms with Crippen LogP contribution in [0.4, 0.5) is 0 Å². The second kappa shape index (κ2) is 5.92. The molecule has 0 radical (unpaired) electrons. The number of halogens is 1. The van der Waals surface area contributed by atoms with Crippen molar-refractivity contribution in [3.8, 4) is 0 Å². The van der Waals surface area contributed by atoms with Gasteiger partial charge in [-0.1, -0.05) is 48.5 Å². The first kappa shape index (κ1) is 14.2. The Balaban J connectivity index is 2.04. The molecule has 0 amide bonds. The highest BCUT2D eigenvalue weighted by Crippen LogP contribution is 2.45. The fourth-order valence-electron chi connectivity index (χ4n) is 3.17. The molecule has 0 saturated carbocycles. The second-order valence-corrected chi connectivity index (χ2v) is 6.86. The van der Waals surface area contributed by atoms with Crippen molar-refractivity contribution < 1.29 is 4.79 Å². The van der Waals surface area contributed by atoms with Gasteiger partial charge < -0.3 is 5.32 Å². The Morgan fingerprint density at radius 3 is 3.00 bits per heavy atom. The van der Waals surface area contributed by atoms with Crippen molar-refractivity contribution in [3.05, 3.63) is 46.0 Å². The largest absolute Gasteiger partial charge is 0.313 e. The minimum absolute atomic E-state index is 0.128. The molecule has 1 fully saturated rings. The lowest BCUT2D eigenvalue weighted by Crippen LogP contribution is -2.31. The van der Waals surface area contributed by atoms with Gasteiger partial charge >= 0.3 is 0 Å². The summed E-state index contributed by atoms with van der Waals surface area (Å²) in [5.74, 6) is 0.128. The predicted molar refractivity (Wildman–Crippen MR) is 85.4 cm³/mol. The Morgan fingerprint density at radius 1 is 1.45 bits per heavy atom. The number of hydrogen-bond donors (Lipinski definition) is 1. The maximum Gasteiger partial charge on any atom is 0.216 e. The molecule has 0 aliphatic carbocycles. The van der Waals surface area contributed by atoms with Gasteiger partial charge in [-0.15, -0.1) is 0 Å². The molecule has 2 heterocycles. The van der Waals surface area contributed by atoms with Crippen molar-refractivity contribution >= 4 is 28.5 Å². The van der Waals surface area contributed by atoms with E-state index in [0.717, 1.165) is 42.1 Å². The second-order valence-electron chi connectivity index (χ2n) is 5.28. The van der Waals surface area contributed by atoms with Gasteiger partial charge in [0.05, 0.1) is 0 Å². The molecular weight excluding hydrogens is 290 g/mol. The first-order chi connectivity index (χ1) is 9.72. The highest BCUT2D eigenvalue weighted by atomic mass is 35.5. The third kappa shape index (κ3) is 2.43. The van der Waals surface area contributed by atoms with Gasteiger partial charge in [-0.2, -0.15) is 0 Å². The summed E-state index contributed by atoms with van der Waals surface area (Å²) in [6.45, 7) is 3.98. The maximum absolute atomic E-state index is 12.5. The van der Waals surface area contributed by atoms with Gasteiger partial charge in [0.25, 0.3) is 0 Å². The van der Waals surface area contributed by atoms with Gasteiger partial charge in [0.2, 0.25) is 5.12 Å². The smallest absolute Gasteiger partial charge is 0.216 e. The van der Waals surface area contributed by atoms with Gasteiger partial charge in [0.1, 0.15) is 0 Å². The summed E-state index contributed by atoms with van der Waals surface area (Å²) in [4.78, 5) is 12.5. The van der Waals surface area contributed by atoms with E-state index >= 15 is 0 Å². The van der Waals surface area contributed by atoms with E-state index in [1.807, 2.05) is 24.3 Å². The fraction of sp³-hybridized carbons (Fsp3) is 0.438. The number of benzene rings is 1. The number of nitrogens with one attached hydrogen (secondary N) is 1. The van der Waals surface area contributed by atoms with Crippen LogP contribution >= 0.6 is 23.4 Å². The van der Waals surface area contributed by atoms with Crippen molar-refractivity contribution in [2.75, 3.05) is 13.1 Å². The summed E-state index contributed by atoms with van der Waals surface area (Å²) in [6.07, 6.45) is 1.95. The van der Waals surface area contributed by atoms with Gasteiger partial charge in [-0.25, -0.2) is 0 Å². The van der Waals surface area contributed by atoms with Crippen LogP contribution in [0, 0.1) is 0 Å². The predicted octanol–water partition coefficient (Wildman–Crippen LogP) is 3.77. The van der Waals surface area contributed by atoms with Crippen LogP contribution < -0.4 is 5.32 Å². The lowest BCUT2D eigenvalue weighted by molar-refractivity contribution is -0.108. The minimum Gasteiger partial charge on any atom is -0.313 e. The molecule has 4 heteroatoms. The van der Waals surface area contributed by atoms with E-state index in [0.29, 0.717) is 5.25 Å². The van der Waals surface area contributed by atoms with Crippen molar-refractivity contribution in [1.82, 2.24) is 5.32 Å². The maximum atomic E-state index is 12.5. The molecular formula is C16H18ClNOS. The topological polar surface area (TPSA) is 29.1 Å². The minimum atomic E-state index is 0.128. The van der Waals surface area contributed by atoms with E-state index in [2.05, 4.69) is 12.2 Å². The molecule has 2 aliphatic rings. The van der Waals surface area contributed by atoms with Crippen LogP contribution in [-0.2, 0) is 4.79 Å². The van der Waals surface area contributed by atoms with Crippen LogP contribution in [0.15, 0.2) is 35.4 Å². The zero-order valence-corrected chi connectivity index (χ0v) is 13.1. The quantitative estimate of drug-likeness (QED) is 0.922. The van der Waals surface area contributed by atoms with E-state index in [4.69, 9.17) is 11.6 Å². The van der Waals surface area contributed by atoms with E-state index in [1.54, 1.807) is 0 Å². The Hall–Kier alpha value is -0.770.